The van der Waals surface area contributed by atoms with Crippen LogP contribution in [0.1, 0.15) is 159 Å². The van der Waals surface area contributed by atoms with Gasteiger partial charge in [0.25, 0.3) is 0 Å². The monoisotopic (exact) mass is 1750 g/mol. The van der Waals surface area contributed by atoms with Crippen LogP contribution in [0.15, 0.2) is 90.8 Å². The Morgan fingerprint density at radius 3 is 1.93 bits per heavy atom. The van der Waals surface area contributed by atoms with Gasteiger partial charge in [0.15, 0.2) is 5.78 Å². The zero-order valence-corrected chi connectivity index (χ0v) is 72.4. The van der Waals surface area contributed by atoms with Gasteiger partial charge in [-0.1, -0.05) is 6.07 Å². The molecule has 0 saturated heterocycles. The predicted octanol–water partition coefficient (Wildman–Crippen LogP) is 25.8. The maximum absolute atomic E-state index is 13.3. The molecule has 1 aliphatic heterocycles. The fraction of sp³-hybridized carbons (Fsp3) is 0.182. The first-order chi connectivity index (χ1) is 63.2. The number of aryl methyl sites for hydroxylation is 5. The number of phenolic OH excluding ortho intramolecular Hbond substituents is 4. The number of H-pyrrole nitrogens is 3. The van der Waals surface area contributed by atoms with Gasteiger partial charge in [-0.15, -0.1) is 45.3 Å². The number of hydrogen-bond acceptors (Lipinski definition) is 15. The summed E-state index contributed by atoms with van der Waals surface area (Å²) in [5, 5.41) is 89.8. The number of pyridine rings is 3. The van der Waals surface area contributed by atoms with Crippen LogP contribution in [0.3, 0.4) is 0 Å². The Hall–Kier alpha value is -13.3. The number of aromatic amines is 3. The third-order valence-electron chi connectivity index (χ3n) is 33.9. The number of phenols is 4. The molecule has 28 aromatic rings. The second-order valence-electron chi connectivity index (χ2n) is 39.7. The molecule has 19 heteroatoms. The number of carbonyl (C=O) groups is 3. The van der Waals surface area contributed by atoms with Gasteiger partial charge >= 0.3 is 0 Å². The third-order valence-corrected chi connectivity index (χ3v) is 39.7. The quantitative estimate of drug-likeness (QED) is 0.0557. The van der Waals surface area contributed by atoms with Crippen LogP contribution < -0.4 is 0 Å². The molecule has 7 N–H and O–H groups in total. The fourth-order valence-electron chi connectivity index (χ4n) is 29.9. The van der Waals surface area contributed by atoms with Crippen LogP contribution in [0, 0.1) is 0 Å². The van der Waals surface area contributed by atoms with E-state index in [-0.39, 0.29) is 17.5 Å². The number of carbonyl (C=O) groups excluding carboxylic acids is 3. The summed E-state index contributed by atoms with van der Waals surface area (Å²) >= 11 is 7.03. The van der Waals surface area contributed by atoms with E-state index < -0.39 is 10.8 Å². The highest BCUT2D eigenvalue weighted by Crippen LogP contribution is 2.68. The molecule has 0 bridgehead atoms. The van der Waals surface area contributed by atoms with Gasteiger partial charge < -0.3 is 35.4 Å². The van der Waals surface area contributed by atoms with Crippen LogP contribution in [0.25, 0.3) is 256 Å². The van der Waals surface area contributed by atoms with Gasteiger partial charge in [-0.25, -0.2) is 4.98 Å². The zero-order valence-electron chi connectivity index (χ0n) is 68.3. The second kappa shape index (κ2) is 21.3. The lowest BCUT2D eigenvalue weighted by atomic mass is 9.63. The Morgan fingerprint density at radius 1 is 0.411 bits per heavy atom. The Bertz CT molecular complexity index is 10600. The number of rotatable bonds is 0. The summed E-state index contributed by atoms with van der Waals surface area (Å²) in [6, 6.07) is 21.8. The van der Waals surface area contributed by atoms with Crippen LogP contribution >= 0.6 is 45.3 Å². The van der Waals surface area contributed by atoms with Crippen molar-refractivity contribution in [2.24, 2.45) is 0 Å². The summed E-state index contributed by atoms with van der Waals surface area (Å²) in [4.78, 5) is 65.9. The molecular formula is C110H60N6O8S5. The largest absolute Gasteiger partial charge is 0.508 e. The van der Waals surface area contributed by atoms with Gasteiger partial charge in [0, 0.05) is 275 Å². The second-order valence-corrected chi connectivity index (χ2v) is 45.3. The molecule has 0 amide bonds. The first-order valence-electron chi connectivity index (χ1n) is 45.4. The highest BCUT2D eigenvalue weighted by Gasteiger charge is 2.47. The van der Waals surface area contributed by atoms with Crippen molar-refractivity contribution in [1.29, 1.82) is 0 Å². The zero-order chi connectivity index (χ0) is 83.4. The molecule has 129 heavy (non-hydrogen) atoms. The Labute approximate surface area is 742 Å². The summed E-state index contributed by atoms with van der Waals surface area (Å²) in [5.74, 6) is 3.94. The molecule has 3 atom stereocenters. The minimum absolute atomic E-state index is 0.127. The molecule has 14 nitrogen and oxygen atoms in total. The smallest absolute Gasteiger partial charge is 0.164 e. The highest BCUT2D eigenvalue weighted by atomic mass is 32.2. The van der Waals surface area contributed by atoms with Crippen LogP contribution in [0.2, 0.25) is 0 Å². The number of aromatic nitrogens is 6. The van der Waals surface area contributed by atoms with Crippen molar-refractivity contribution in [3.05, 3.63) is 202 Å². The van der Waals surface area contributed by atoms with E-state index in [1.165, 1.54) is 276 Å². The molecule has 10 aliphatic carbocycles. The number of thiophene rings is 4. The predicted molar refractivity (Wildman–Crippen MR) is 525 cm³/mol. The van der Waals surface area contributed by atoms with Gasteiger partial charge in [-0.3, -0.25) is 28.6 Å². The highest BCUT2D eigenvalue weighted by molar-refractivity contribution is 7.83. The van der Waals surface area contributed by atoms with Gasteiger partial charge in [0.2, 0.25) is 0 Å². The van der Waals surface area contributed by atoms with Gasteiger partial charge in [0.05, 0.1) is 30.8 Å². The minimum atomic E-state index is -0.861. The summed E-state index contributed by atoms with van der Waals surface area (Å²) in [5.41, 5.74) is 32.7. The lowest BCUT2D eigenvalue weighted by molar-refractivity contribution is -0.118. The first kappa shape index (κ1) is 67.1. The number of nitrogens with one attached hydrogen (secondary N) is 3. The fourth-order valence-corrected chi connectivity index (χ4v) is 36.1. The van der Waals surface area contributed by atoms with Crippen molar-refractivity contribution in [2.45, 2.75) is 126 Å². The van der Waals surface area contributed by atoms with Crippen molar-refractivity contribution >= 4 is 318 Å². The van der Waals surface area contributed by atoms with E-state index in [0.29, 0.717) is 78.3 Å². The summed E-state index contributed by atoms with van der Waals surface area (Å²) < 4.78 is 19.4. The molecular weight excluding hydrogens is 1690 g/mol. The topological polar surface area (TPSA) is 235 Å². The number of Topliss-reactive ketones (excluding diaryl/α,β-unsaturated/α-hetero) is 3. The van der Waals surface area contributed by atoms with Crippen molar-refractivity contribution < 1.29 is 39.0 Å². The summed E-state index contributed by atoms with van der Waals surface area (Å²) in [7, 11) is -0.861. The average Bonchev–Trinajstić information content (AvgIpc) is 1.63. The number of fused-ring (bicyclic) bond motifs is 5. The number of aromatic hydroxyl groups is 4. The van der Waals surface area contributed by atoms with Gasteiger partial charge in [0.1, 0.15) is 40.2 Å². The summed E-state index contributed by atoms with van der Waals surface area (Å²) in [6.07, 6.45) is 22.0. The minimum Gasteiger partial charge on any atom is -0.508 e. The molecule has 608 valence electrons. The van der Waals surface area contributed by atoms with Crippen molar-refractivity contribution in [3.63, 3.8) is 0 Å². The maximum atomic E-state index is 13.3. The molecule has 18 aromatic carbocycles. The lowest BCUT2D eigenvalue weighted by Crippen LogP contribution is -2.23. The Balaban J connectivity index is 0.0000000757. The van der Waals surface area contributed by atoms with E-state index in [4.69, 9.17) is 15.0 Å². The normalized spacial score (nSPS) is 18.4. The van der Waals surface area contributed by atoms with E-state index in [2.05, 4.69) is 75.2 Å². The molecule has 11 aliphatic rings. The van der Waals surface area contributed by atoms with Gasteiger partial charge in [-0.05, 0) is 277 Å². The van der Waals surface area contributed by atoms with Crippen molar-refractivity contribution in [2.75, 3.05) is 0 Å². The van der Waals surface area contributed by atoms with Crippen LogP contribution in [-0.4, -0.2) is 71.9 Å². The van der Waals surface area contributed by atoms with E-state index in [1.54, 1.807) is 34.0 Å². The number of hydrogen-bond donors (Lipinski definition) is 7. The molecule has 0 radical (unpaired) electrons. The number of benzene rings is 18. The van der Waals surface area contributed by atoms with Crippen molar-refractivity contribution in [3.8, 4) is 34.1 Å². The molecule has 11 heterocycles. The molecule has 39 rings (SSSR count). The third kappa shape index (κ3) is 7.21. The van der Waals surface area contributed by atoms with Crippen LogP contribution in [0.5, 0.6) is 23.0 Å². The van der Waals surface area contributed by atoms with Crippen LogP contribution in [0.4, 0.5) is 0 Å². The maximum Gasteiger partial charge on any atom is 0.164 e. The van der Waals surface area contributed by atoms with E-state index >= 15 is 0 Å². The van der Waals surface area contributed by atoms with E-state index in [9.17, 15) is 39.0 Å². The lowest BCUT2D eigenvalue weighted by Gasteiger charge is -2.39. The average molecular weight is 1750 g/mol. The Morgan fingerprint density at radius 2 is 1.09 bits per heavy atom. The van der Waals surface area contributed by atoms with Crippen LogP contribution in [-0.2, 0) is 103 Å². The Kier molecular flexibility index (Phi) is 11.1. The van der Waals surface area contributed by atoms with Crippen molar-refractivity contribution in [1.82, 2.24) is 29.9 Å². The molecule has 3 unspecified atom stereocenters. The van der Waals surface area contributed by atoms with Gasteiger partial charge in [-0.2, -0.15) is 0 Å². The standard InChI is InChI=1S/C34H16N2O2S.C26H15NO2S.C25H14N2O2S.C25H15NO2S2/c37-13-2-11-1-12-3-22-27-21(10-39-22)19-8-35-7-18-16-5-14(38)6-17-25(16)31-32(26(18)19)30(27)24(12)29-23(11)15(4-13)20-9-36-34(17)28(20)33(29)31;28-15-6-9-2-1-3-12-17(9)20-13(15)5-10-4-11-8-27-14-7-16(29)26-23-21(14)19(11)18(10)22(20)24(23)25(12)30-26;28-10-6-11-16-13(7-10)27-25-22-17-12(26-25)4-8-2-1-3-9-5-14-18(19(17)15(8)9)21(20(16)22)24(30-14)23(11)29;27-24-12-3-1-2-9-4-13-19-18-14(26-13)5-10-7-30(28)8-11-6-15-20(21(18)16(10)11)23(25(24)29-15)22(19)17(9)12/h1-2,4,7-10,30,36-37H,3,5-6H2;5,7-9,29H,1-4,6H2;4-5,29H,1-3,6-7H2,(H,26,27);4-6,26-27H,1-3,7-8H2. The molecule has 0 saturated carbocycles. The molecule has 10 aromatic heterocycles. The summed E-state index contributed by atoms with van der Waals surface area (Å²) in [6.45, 7) is 0. The molecule has 0 fully saturated rings. The van der Waals surface area contributed by atoms with E-state index in [1.807, 2.05) is 41.9 Å². The molecule has 0 spiro atoms. The van der Waals surface area contributed by atoms with E-state index in [0.717, 1.165) is 161 Å². The number of ketones is 3. The SMILES string of the molecule is O=C1CC2CCCc3c2c2c1cc1c4c5c(cnc6cc(O)c7sc3c(c24)c7c65)C1.O=C1Cc2c3cncc4c3c3c5c2c(c2[nH]cc6c7cc(O)cc8cc9c(c(c87)c5c26)C3c2c-4csc2C9)C1.O=C1Cc2nc3[nH]c4cc5c6c(cc7sc8c(O)c(c2c2c3c4c6c7c82)C1)CCC5.O=S1Cc2cc3[nH]c4cc5c6c(c(O)c7sc8cc(c2c2c3c4c6c7c82)C1)CCC5. The first-order valence-corrected chi connectivity index (χ1v) is 50.2. The number of nitrogens with zero attached hydrogens (tertiary/aromatic N) is 3.